The van der Waals surface area contributed by atoms with E-state index in [2.05, 4.69) is 17.4 Å². The number of rotatable bonds is 5. The zero-order valence-electron chi connectivity index (χ0n) is 16.9. The van der Waals surface area contributed by atoms with Crippen molar-refractivity contribution in [3.8, 4) is 0 Å². The van der Waals surface area contributed by atoms with Crippen LogP contribution >= 0.6 is 0 Å². The highest BCUT2D eigenvalue weighted by Crippen LogP contribution is 2.25. The first kappa shape index (κ1) is 20.3. The van der Waals surface area contributed by atoms with Gasteiger partial charge in [0.25, 0.3) is 5.91 Å². The molecule has 3 rings (SSSR count). The average Bonchev–Trinajstić information content (AvgIpc) is 2.83. The summed E-state index contributed by atoms with van der Waals surface area (Å²) in [5.41, 5.74) is 1.38. The molecule has 2 aliphatic heterocycles. The maximum atomic E-state index is 13.1. The van der Waals surface area contributed by atoms with Crippen molar-refractivity contribution in [1.29, 1.82) is 0 Å². The topological polar surface area (TPSA) is 55.8 Å². The first-order valence-electron chi connectivity index (χ1n) is 10.4. The zero-order chi connectivity index (χ0) is 19.3. The van der Waals surface area contributed by atoms with E-state index < -0.39 is 5.60 Å². The molecule has 0 unspecified atom stereocenters. The molecule has 0 bridgehead atoms. The summed E-state index contributed by atoms with van der Waals surface area (Å²) in [6, 6.07) is 8.19. The summed E-state index contributed by atoms with van der Waals surface area (Å²) in [6.45, 7) is 4.22. The largest absolute Gasteiger partial charge is 0.388 e. The van der Waals surface area contributed by atoms with E-state index in [1.165, 1.54) is 18.4 Å². The summed E-state index contributed by atoms with van der Waals surface area (Å²) in [5, 5.41) is 14.2. The van der Waals surface area contributed by atoms with Crippen LogP contribution in [-0.2, 0) is 6.42 Å². The standard InChI is InChI=1S/C22H35N3O2/c1-24(2)17-22(27)9-4-13-25(14-10-22)21(26)20-6-3-5-19(16-20)15-18-7-11-23-12-8-18/h3,5-6,16,18,23,27H,4,7-15,17H2,1-2H3/t22-/m0/s1. The molecule has 2 saturated heterocycles. The third-order valence-corrected chi connectivity index (χ3v) is 5.97. The average molecular weight is 374 g/mol. The van der Waals surface area contributed by atoms with Gasteiger partial charge in [0.05, 0.1) is 5.60 Å². The number of likely N-dealkylation sites (N-methyl/N-ethyl adjacent to an activating group) is 1. The van der Waals surface area contributed by atoms with E-state index in [1.807, 2.05) is 36.0 Å². The lowest BCUT2D eigenvalue weighted by molar-refractivity contribution is 0.00305. The van der Waals surface area contributed by atoms with E-state index >= 15 is 0 Å². The highest BCUT2D eigenvalue weighted by atomic mass is 16.3. The molecule has 1 aromatic rings. The number of amides is 1. The number of likely N-dealkylation sites (tertiary alicyclic amines) is 1. The lowest BCUT2D eigenvalue weighted by Crippen LogP contribution is -2.41. The molecule has 5 heteroatoms. The van der Waals surface area contributed by atoms with Crippen molar-refractivity contribution >= 4 is 5.91 Å². The van der Waals surface area contributed by atoms with Gasteiger partial charge in [-0.25, -0.2) is 0 Å². The van der Waals surface area contributed by atoms with Gasteiger partial charge in [0.2, 0.25) is 0 Å². The number of nitrogens with zero attached hydrogens (tertiary/aromatic N) is 2. The number of aliphatic hydroxyl groups is 1. The molecule has 2 fully saturated rings. The maximum Gasteiger partial charge on any atom is 0.253 e. The number of benzene rings is 1. The van der Waals surface area contributed by atoms with E-state index in [4.69, 9.17) is 0 Å². The first-order chi connectivity index (χ1) is 13.0. The highest BCUT2D eigenvalue weighted by Gasteiger charge is 2.32. The number of nitrogens with one attached hydrogen (secondary N) is 1. The summed E-state index contributed by atoms with van der Waals surface area (Å²) in [6.07, 6.45) is 5.75. The predicted octanol–water partition coefficient (Wildman–Crippen LogP) is 2.15. The molecule has 1 atom stereocenters. The van der Waals surface area contributed by atoms with E-state index in [1.54, 1.807) is 0 Å². The second-order valence-corrected chi connectivity index (χ2v) is 8.71. The van der Waals surface area contributed by atoms with Gasteiger partial charge >= 0.3 is 0 Å². The Kier molecular flexibility index (Phi) is 6.90. The Bertz CT molecular complexity index is 628. The summed E-state index contributed by atoms with van der Waals surface area (Å²) in [4.78, 5) is 17.0. The molecule has 2 aliphatic rings. The van der Waals surface area contributed by atoms with Crippen LogP contribution in [0.3, 0.4) is 0 Å². The predicted molar refractivity (Wildman–Crippen MR) is 109 cm³/mol. The van der Waals surface area contributed by atoms with Crippen molar-refractivity contribution < 1.29 is 9.90 Å². The van der Waals surface area contributed by atoms with Gasteiger partial charge in [-0.1, -0.05) is 12.1 Å². The van der Waals surface area contributed by atoms with Crippen LogP contribution in [0.1, 0.15) is 48.0 Å². The van der Waals surface area contributed by atoms with Gasteiger partial charge in [-0.15, -0.1) is 0 Å². The van der Waals surface area contributed by atoms with Gasteiger partial charge in [-0.2, -0.15) is 0 Å². The molecule has 0 spiro atoms. The van der Waals surface area contributed by atoms with Crippen molar-refractivity contribution in [2.24, 2.45) is 5.92 Å². The summed E-state index contributed by atoms with van der Waals surface area (Å²) >= 11 is 0. The Morgan fingerprint density at radius 2 is 2.04 bits per heavy atom. The van der Waals surface area contributed by atoms with Crippen LogP contribution in [0.2, 0.25) is 0 Å². The fourth-order valence-corrected chi connectivity index (χ4v) is 4.56. The minimum absolute atomic E-state index is 0.108. The second-order valence-electron chi connectivity index (χ2n) is 8.71. The Morgan fingerprint density at radius 1 is 1.26 bits per heavy atom. The van der Waals surface area contributed by atoms with Gasteiger partial charge in [-0.05, 0) is 89.3 Å². The lowest BCUT2D eigenvalue weighted by atomic mass is 9.90. The number of hydrogen-bond acceptors (Lipinski definition) is 4. The van der Waals surface area contributed by atoms with Crippen LogP contribution in [0.5, 0.6) is 0 Å². The normalized spacial score (nSPS) is 24.8. The maximum absolute atomic E-state index is 13.1. The molecule has 2 N–H and O–H groups in total. The fraction of sp³-hybridized carbons (Fsp3) is 0.682. The van der Waals surface area contributed by atoms with Crippen molar-refractivity contribution in [2.75, 3.05) is 46.8 Å². The Labute approximate surface area is 163 Å². The monoisotopic (exact) mass is 373 g/mol. The number of carbonyl (C=O) groups excluding carboxylic acids is 1. The van der Waals surface area contributed by atoms with Crippen molar-refractivity contribution in [3.63, 3.8) is 0 Å². The molecule has 0 radical (unpaired) electrons. The van der Waals surface area contributed by atoms with Gasteiger partial charge < -0.3 is 20.2 Å². The lowest BCUT2D eigenvalue weighted by Gasteiger charge is -2.30. The van der Waals surface area contributed by atoms with Crippen LogP contribution in [0.4, 0.5) is 0 Å². The van der Waals surface area contributed by atoms with Gasteiger partial charge in [0.1, 0.15) is 0 Å². The molecule has 0 saturated carbocycles. The Hall–Kier alpha value is -1.43. The molecule has 150 valence electrons. The van der Waals surface area contributed by atoms with Gasteiger partial charge in [-0.3, -0.25) is 4.79 Å². The summed E-state index contributed by atoms with van der Waals surface area (Å²) < 4.78 is 0. The van der Waals surface area contributed by atoms with Crippen LogP contribution in [-0.4, -0.2) is 73.2 Å². The molecule has 2 heterocycles. The van der Waals surface area contributed by atoms with Crippen LogP contribution in [0.25, 0.3) is 0 Å². The van der Waals surface area contributed by atoms with Crippen molar-refractivity contribution in [1.82, 2.24) is 15.1 Å². The minimum atomic E-state index is -0.685. The molecule has 27 heavy (non-hydrogen) atoms. The molecular formula is C22H35N3O2. The van der Waals surface area contributed by atoms with Crippen molar-refractivity contribution in [2.45, 2.75) is 44.1 Å². The third-order valence-electron chi connectivity index (χ3n) is 5.97. The summed E-state index contributed by atoms with van der Waals surface area (Å²) in [5.74, 6) is 0.826. The van der Waals surface area contributed by atoms with E-state index in [0.29, 0.717) is 19.5 Å². The fourth-order valence-electron chi connectivity index (χ4n) is 4.56. The second kappa shape index (κ2) is 9.18. The quantitative estimate of drug-likeness (QED) is 0.830. The van der Waals surface area contributed by atoms with Crippen molar-refractivity contribution in [3.05, 3.63) is 35.4 Å². The molecule has 5 nitrogen and oxygen atoms in total. The highest BCUT2D eigenvalue weighted by molar-refractivity contribution is 5.94. The smallest absolute Gasteiger partial charge is 0.253 e. The number of hydrogen-bond donors (Lipinski definition) is 2. The van der Waals surface area contributed by atoms with E-state index in [9.17, 15) is 9.90 Å². The Balaban J connectivity index is 1.62. The number of carbonyl (C=O) groups is 1. The molecular weight excluding hydrogens is 338 g/mol. The number of piperidine rings is 1. The van der Waals surface area contributed by atoms with E-state index in [-0.39, 0.29) is 5.91 Å². The molecule has 0 aromatic heterocycles. The van der Waals surface area contributed by atoms with Gasteiger partial charge in [0, 0.05) is 25.2 Å². The molecule has 0 aliphatic carbocycles. The van der Waals surface area contributed by atoms with Crippen LogP contribution < -0.4 is 5.32 Å². The minimum Gasteiger partial charge on any atom is -0.388 e. The third kappa shape index (κ3) is 5.77. The molecule has 1 aromatic carbocycles. The van der Waals surface area contributed by atoms with Crippen LogP contribution in [0.15, 0.2) is 24.3 Å². The molecule has 1 amide bonds. The zero-order valence-corrected chi connectivity index (χ0v) is 16.9. The summed E-state index contributed by atoms with van der Waals surface area (Å²) in [7, 11) is 3.97. The first-order valence-corrected chi connectivity index (χ1v) is 10.4. The van der Waals surface area contributed by atoms with Crippen LogP contribution in [0, 0.1) is 5.92 Å². The Morgan fingerprint density at radius 3 is 2.78 bits per heavy atom. The van der Waals surface area contributed by atoms with Gasteiger partial charge in [0.15, 0.2) is 0 Å². The van der Waals surface area contributed by atoms with E-state index in [0.717, 1.165) is 50.4 Å². The SMILES string of the molecule is CN(C)C[C@]1(O)CCCN(C(=O)c2cccc(CC3CCNCC3)c2)CC1.